The SMILES string of the molecule is CCCC(=O)OC1CC(C(C)C)C2C3OC(CC(C)(O)C(O)CCC3(C)OC(=O)CCC)C2C1(C)OC(C)=O. The van der Waals surface area contributed by atoms with Gasteiger partial charge in [0.25, 0.3) is 0 Å². The summed E-state index contributed by atoms with van der Waals surface area (Å²) in [5, 5.41) is 22.4. The minimum absolute atomic E-state index is 0.00781. The van der Waals surface area contributed by atoms with Gasteiger partial charge in [-0.1, -0.05) is 27.7 Å². The normalized spacial score (nSPS) is 42.1. The van der Waals surface area contributed by atoms with Crippen LogP contribution in [0, 0.1) is 23.7 Å². The molecule has 9 heteroatoms. The van der Waals surface area contributed by atoms with Gasteiger partial charge < -0.3 is 29.2 Å². The lowest BCUT2D eigenvalue weighted by molar-refractivity contribution is -0.219. The van der Waals surface area contributed by atoms with Crippen molar-refractivity contribution in [3.8, 4) is 0 Å². The van der Waals surface area contributed by atoms with Crippen molar-refractivity contribution < 1.29 is 43.5 Å². The Labute approximate surface area is 233 Å². The summed E-state index contributed by atoms with van der Waals surface area (Å²) in [5.74, 6) is -1.74. The monoisotopic (exact) mass is 554 g/mol. The number of rotatable bonds is 8. The molecule has 3 rings (SSSR count). The predicted octanol–water partition coefficient (Wildman–Crippen LogP) is 4.09. The molecule has 0 radical (unpaired) electrons. The van der Waals surface area contributed by atoms with E-state index in [1.165, 1.54) is 6.92 Å². The minimum Gasteiger partial charge on any atom is -0.458 e. The van der Waals surface area contributed by atoms with Crippen molar-refractivity contribution in [3.05, 3.63) is 0 Å². The highest BCUT2D eigenvalue weighted by Crippen LogP contribution is 2.59. The summed E-state index contributed by atoms with van der Waals surface area (Å²) in [6, 6.07) is 0. The maximum Gasteiger partial charge on any atom is 0.306 e. The van der Waals surface area contributed by atoms with Crippen LogP contribution >= 0.6 is 0 Å². The van der Waals surface area contributed by atoms with Crippen LogP contribution in [0.2, 0.25) is 0 Å². The van der Waals surface area contributed by atoms with E-state index in [4.69, 9.17) is 18.9 Å². The standard InChI is InChI=1S/C30H50O9/c1-9-11-23(33)37-22-15-19(17(3)4)25-26(30(22,8)38-18(5)31)20-16-28(6,35)21(32)13-14-29(7,27(25)36-20)39-24(34)12-10-2/h17,19-22,25-27,32,35H,9-16H2,1-8H3. The molecule has 0 aromatic rings. The van der Waals surface area contributed by atoms with Crippen LogP contribution in [0.15, 0.2) is 0 Å². The highest BCUT2D eigenvalue weighted by atomic mass is 16.6. The summed E-state index contributed by atoms with van der Waals surface area (Å²) in [6.07, 6.45) is -0.156. The largest absolute Gasteiger partial charge is 0.458 e. The van der Waals surface area contributed by atoms with Gasteiger partial charge in [-0.3, -0.25) is 14.4 Å². The first-order valence-corrected chi connectivity index (χ1v) is 14.8. The minimum atomic E-state index is -1.50. The van der Waals surface area contributed by atoms with Gasteiger partial charge in [0.15, 0.2) is 5.60 Å². The van der Waals surface area contributed by atoms with Gasteiger partial charge in [0, 0.05) is 38.0 Å². The molecule has 10 atom stereocenters. The number of ether oxygens (including phenoxy) is 4. The van der Waals surface area contributed by atoms with Crippen LogP contribution < -0.4 is 0 Å². The second-order valence-electron chi connectivity index (χ2n) is 13.0. The summed E-state index contributed by atoms with van der Waals surface area (Å²) in [6.45, 7) is 14.6. The maximum atomic E-state index is 12.9. The fourth-order valence-electron chi connectivity index (χ4n) is 7.41. The summed E-state index contributed by atoms with van der Waals surface area (Å²) in [5.41, 5.74) is -3.83. The number of esters is 3. The van der Waals surface area contributed by atoms with E-state index in [1.807, 2.05) is 20.8 Å². The maximum absolute atomic E-state index is 12.9. The van der Waals surface area contributed by atoms with Crippen LogP contribution in [0.25, 0.3) is 0 Å². The number of carbonyl (C=O) groups excluding carboxylic acids is 3. The van der Waals surface area contributed by atoms with Crippen molar-refractivity contribution >= 4 is 17.9 Å². The molecule has 224 valence electrons. The molecule has 2 heterocycles. The molecule has 10 unspecified atom stereocenters. The quantitative estimate of drug-likeness (QED) is 0.337. The van der Waals surface area contributed by atoms with E-state index < -0.39 is 53.1 Å². The van der Waals surface area contributed by atoms with Gasteiger partial charge in [0.1, 0.15) is 17.8 Å². The van der Waals surface area contributed by atoms with Crippen molar-refractivity contribution in [2.24, 2.45) is 23.7 Å². The Bertz CT molecular complexity index is 901. The predicted molar refractivity (Wildman–Crippen MR) is 143 cm³/mol. The number of hydrogen-bond acceptors (Lipinski definition) is 9. The Morgan fingerprint density at radius 3 is 2.21 bits per heavy atom. The number of fused-ring (bicyclic) bond motifs is 5. The summed E-state index contributed by atoms with van der Waals surface area (Å²) >= 11 is 0. The van der Waals surface area contributed by atoms with Crippen LogP contribution in [0.5, 0.6) is 0 Å². The molecule has 2 N–H and O–H groups in total. The number of hydrogen-bond donors (Lipinski definition) is 2. The third-order valence-electron chi connectivity index (χ3n) is 9.37. The van der Waals surface area contributed by atoms with Crippen LogP contribution in [-0.2, 0) is 33.3 Å². The molecule has 3 fully saturated rings. The van der Waals surface area contributed by atoms with Crippen molar-refractivity contribution in [1.29, 1.82) is 0 Å². The molecule has 1 aliphatic carbocycles. The van der Waals surface area contributed by atoms with Crippen molar-refractivity contribution in [3.63, 3.8) is 0 Å². The highest BCUT2D eigenvalue weighted by Gasteiger charge is 2.68. The topological polar surface area (TPSA) is 129 Å². The Balaban J connectivity index is 2.19. The smallest absolute Gasteiger partial charge is 0.306 e. The van der Waals surface area contributed by atoms with E-state index >= 15 is 0 Å². The lowest BCUT2D eigenvalue weighted by Gasteiger charge is -2.54. The molecular weight excluding hydrogens is 504 g/mol. The molecule has 2 bridgehead atoms. The Hall–Kier alpha value is -1.71. The first-order valence-electron chi connectivity index (χ1n) is 14.8. The van der Waals surface area contributed by atoms with Crippen LogP contribution in [-0.4, -0.2) is 69.3 Å². The van der Waals surface area contributed by atoms with Gasteiger partial charge in [-0.15, -0.1) is 0 Å². The first kappa shape index (κ1) is 31.8. The van der Waals surface area contributed by atoms with Crippen LogP contribution in [0.1, 0.15) is 107 Å². The van der Waals surface area contributed by atoms with Gasteiger partial charge in [-0.2, -0.15) is 0 Å². The fourth-order valence-corrected chi connectivity index (χ4v) is 7.41. The van der Waals surface area contributed by atoms with Gasteiger partial charge in [-0.25, -0.2) is 0 Å². The molecule has 0 spiro atoms. The molecule has 39 heavy (non-hydrogen) atoms. The third kappa shape index (κ3) is 6.46. The van der Waals surface area contributed by atoms with E-state index in [1.54, 1.807) is 13.8 Å². The van der Waals surface area contributed by atoms with Gasteiger partial charge in [-0.05, 0) is 64.7 Å². The Morgan fingerprint density at radius 1 is 1.03 bits per heavy atom. The van der Waals surface area contributed by atoms with Crippen molar-refractivity contribution in [1.82, 2.24) is 0 Å². The zero-order chi connectivity index (χ0) is 29.3. The van der Waals surface area contributed by atoms with Gasteiger partial charge in [0.2, 0.25) is 0 Å². The molecular formula is C30H50O9. The molecule has 9 nitrogen and oxygen atoms in total. The summed E-state index contributed by atoms with van der Waals surface area (Å²) in [7, 11) is 0. The molecule has 0 aromatic heterocycles. The molecule has 3 aliphatic rings. The lowest BCUT2D eigenvalue weighted by Crippen LogP contribution is -2.63. The average Bonchev–Trinajstić information content (AvgIpc) is 3.19. The molecule has 2 aliphatic heterocycles. The Morgan fingerprint density at radius 2 is 1.64 bits per heavy atom. The molecule has 0 amide bonds. The summed E-state index contributed by atoms with van der Waals surface area (Å²) in [4.78, 5) is 38.1. The number of carbonyl (C=O) groups is 3. The Kier molecular flexibility index (Phi) is 9.81. The van der Waals surface area contributed by atoms with E-state index in [2.05, 4.69) is 13.8 Å². The molecule has 0 aromatic carbocycles. The average molecular weight is 555 g/mol. The van der Waals surface area contributed by atoms with E-state index in [-0.39, 0.29) is 55.4 Å². The zero-order valence-corrected chi connectivity index (χ0v) is 25.0. The second kappa shape index (κ2) is 12.0. The molecule has 2 saturated heterocycles. The highest BCUT2D eigenvalue weighted by molar-refractivity contribution is 5.70. The van der Waals surface area contributed by atoms with Crippen molar-refractivity contribution in [2.75, 3.05) is 0 Å². The van der Waals surface area contributed by atoms with Gasteiger partial charge in [0.05, 0.1) is 17.8 Å². The van der Waals surface area contributed by atoms with E-state index in [0.717, 1.165) is 0 Å². The van der Waals surface area contributed by atoms with E-state index in [0.29, 0.717) is 25.7 Å². The number of aliphatic hydroxyl groups is 2. The fraction of sp³-hybridized carbons (Fsp3) is 0.900. The van der Waals surface area contributed by atoms with Crippen molar-refractivity contribution in [2.45, 2.75) is 148 Å². The van der Waals surface area contributed by atoms with Crippen LogP contribution in [0.3, 0.4) is 0 Å². The second-order valence-corrected chi connectivity index (χ2v) is 13.0. The lowest BCUT2D eigenvalue weighted by atomic mass is 9.56. The van der Waals surface area contributed by atoms with E-state index in [9.17, 15) is 24.6 Å². The molecule has 1 saturated carbocycles. The third-order valence-corrected chi connectivity index (χ3v) is 9.37. The summed E-state index contributed by atoms with van der Waals surface area (Å²) < 4.78 is 25.0. The zero-order valence-electron chi connectivity index (χ0n) is 25.0. The number of aliphatic hydroxyl groups excluding tert-OH is 1. The van der Waals surface area contributed by atoms with Crippen LogP contribution in [0.4, 0.5) is 0 Å². The van der Waals surface area contributed by atoms with Gasteiger partial charge >= 0.3 is 17.9 Å². The first-order chi connectivity index (χ1) is 18.1.